The molecule has 0 unspecified atom stereocenters. The van der Waals surface area contributed by atoms with Gasteiger partial charge in [0.05, 0.1) is 12.0 Å². The van der Waals surface area contributed by atoms with Crippen LogP contribution in [-0.2, 0) is 20.7 Å². The normalized spacial score (nSPS) is 27.2. The maximum Gasteiger partial charge on any atom is 0.246 e. The molecule has 3 rings (SSSR count). The van der Waals surface area contributed by atoms with E-state index in [4.69, 9.17) is 10.5 Å². The van der Waals surface area contributed by atoms with Crippen molar-refractivity contribution in [3.05, 3.63) is 35.4 Å². The maximum absolute atomic E-state index is 12.5. The Hall–Kier alpha value is -1.88. The van der Waals surface area contributed by atoms with E-state index in [9.17, 15) is 9.59 Å². The average molecular weight is 302 g/mol. The molecule has 1 fully saturated rings. The molecule has 22 heavy (non-hydrogen) atoms. The number of carbonyl (C=O) groups is 2. The first kappa shape index (κ1) is 15.0. The average Bonchev–Trinajstić information content (AvgIpc) is 3.01. The smallest absolute Gasteiger partial charge is 0.246 e. The lowest BCUT2D eigenvalue weighted by atomic mass is 9.82. The van der Waals surface area contributed by atoms with Crippen LogP contribution >= 0.6 is 0 Å². The molecule has 1 aliphatic carbocycles. The van der Waals surface area contributed by atoms with Gasteiger partial charge in [0.25, 0.3) is 0 Å². The largest absolute Gasteiger partial charge is 0.367 e. The van der Waals surface area contributed by atoms with Crippen LogP contribution in [0.1, 0.15) is 42.7 Å². The van der Waals surface area contributed by atoms with E-state index in [1.54, 1.807) is 0 Å². The second-order valence-electron chi connectivity index (χ2n) is 6.12. The van der Waals surface area contributed by atoms with Gasteiger partial charge in [0, 0.05) is 6.54 Å². The van der Waals surface area contributed by atoms with Gasteiger partial charge in [-0.3, -0.25) is 9.59 Å². The summed E-state index contributed by atoms with van der Waals surface area (Å²) in [5, 5.41) is 2.98. The van der Waals surface area contributed by atoms with Crippen LogP contribution < -0.4 is 11.1 Å². The molecule has 2 aliphatic rings. The Balaban J connectivity index is 1.56. The van der Waals surface area contributed by atoms with Crippen molar-refractivity contribution in [2.24, 2.45) is 5.73 Å². The van der Waals surface area contributed by atoms with Crippen LogP contribution in [-0.4, -0.2) is 30.6 Å². The lowest BCUT2D eigenvalue weighted by Crippen LogP contribution is -2.37. The van der Waals surface area contributed by atoms with Crippen molar-refractivity contribution in [3.8, 4) is 0 Å². The van der Waals surface area contributed by atoms with E-state index in [2.05, 4.69) is 11.4 Å². The number of hydrogen-bond acceptors (Lipinski definition) is 3. The first-order valence-electron chi connectivity index (χ1n) is 7.95. The summed E-state index contributed by atoms with van der Waals surface area (Å²) in [5.41, 5.74) is 7.66. The van der Waals surface area contributed by atoms with Crippen molar-refractivity contribution in [2.45, 2.75) is 50.2 Å². The highest BCUT2D eigenvalue weighted by molar-refractivity contribution is 5.84. The maximum atomic E-state index is 12.5. The quantitative estimate of drug-likeness (QED) is 0.878. The molecular weight excluding hydrogens is 280 g/mol. The second kappa shape index (κ2) is 6.48. The minimum Gasteiger partial charge on any atom is -0.367 e. The highest BCUT2D eigenvalue weighted by Gasteiger charge is 2.31. The SMILES string of the molecule is NC(=O)[C@@H]1CC[C@@H](CNC(=O)[C@@H]2CCCc3ccccc32)O1. The Morgan fingerprint density at radius 2 is 2.05 bits per heavy atom. The molecule has 2 amide bonds. The number of carbonyl (C=O) groups excluding carboxylic acids is 2. The lowest BCUT2D eigenvalue weighted by molar-refractivity contribution is -0.129. The topological polar surface area (TPSA) is 81.4 Å². The summed E-state index contributed by atoms with van der Waals surface area (Å²) >= 11 is 0. The van der Waals surface area contributed by atoms with Crippen LogP contribution in [0.25, 0.3) is 0 Å². The van der Waals surface area contributed by atoms with Gasteiger partial charge in [-0.15, -0.1) is 0 Å². The van der Waals surface area contributed by atoms with E-state index in [1.807, 2.05) is 18.2 Å². The molecular formula is C17H22N2O3. The molecule has 118 valence electrons. The standard InChI is InChI=1S/C17H22N2O3/c18-16(20)15-9-8-12(22-15)10-19-17(21)14-7-3-5-11-4-1-2-6-13(11)14/h1-2,4,6,12,14-15H,3,5,7-10H2,(H2,18,20)(H,19,21)/t12-,14+,15-/m0/s1. The monoisotopic (exact) mass is 302 g/mol. The number of ether oxygens (including phenoxy) is 1. The first-order chi connectivity index (χ1) is 10.6. The molecule has 5 nitrogen and oxygen atoms in total. The van der Waals surface area contributed by atoms with Gasteiger partial charge in [0.15, 0.2) is 0 Å². The van der Waals surface area contributed by atoms with Gasteiger partial charge in [0.1, 0.15) is 6.10 Å². The predicted octanol–water partition coefficient (Wildman–Crippen LogP) is 1.26. The molecule has 1 saturated heterocycles. The molecule has 0 spiro atoms. The van der Waals surface area contributed by atoms with Gasteiger partial charge in [-0.2, -0.15) is 0 Å². The summed E-state index contributed by atoms with van der Waals surface area (Å²) in [4.78, 5) is 23.6. The summed E-state index contributed by atoms with van der Waals surface area (Å²) < 4.78 is 5.54. The number of nitrogens with two attached hydrogens (primary N) is 1. The minimum absolute atomic E-state index is 0.0540. The van der Waals surface area contributed by atoms with Crippen LogP contribution in [0.4, 0.5) is 0 Å². The van der Waals surface area contributed by atoms with E-state index in [-0.39, 0.29) is 17.9 Å². The zero-order valence-electron chi connectivity index (χ0n) is 12.6. The van der Waals surface area contributed by atoms with Crippen LogP contribution in [0.15, 0.2) is 24.3 Å². The van der Waals surface area contributed by atoms with Crippen LogP contribution in [0, 0.1) is 0 Å². The number of aryl methyl sites for hydroxylation is 1. The van der Waals surface area contributed by atoms with Crippen LogP contribution in [0.5, 0.6) is 0 Å². The fourth-order valence-electron chi connectivity index (χ4n) is 3.43. The van der Waals surface area contributed by atoms with Gasteiger partial charge in [-0.1, -0.05) is 24.3 Å². The van der Waals surface area contributed by atoms with Crippen LogP contribution in [0.3, 0.4) is 0 Å². The molecule has 3 N–H and O–H groups in total. The zero-order valence-corrected chi connectivity index (χ0v) is 12.6. The summed E-state index contributed by atoms with van der Waals surface area (Å²) in [6, 6.07) is 8.16. The highest BCUT2D eigenvalue weighted by atomic mass is 16.5. The number of benzene rings is 1. The Bertz CT molecular complexity index is 573. The predicted molar refractivity (Wildman–Crippen MR) is 82.2 cm³/mol. The number of rotatable bonds is 4. The lowest BCUT2D eigenvalue weighted by Gasteiger charge is -2.25. The molecule has 1 aromatic carbocycles. The number of amides is 2. The van der Waals surface area contributed by atoms with Crippen LogP contribution in [0.2, 0.25) is 0 Å². The third-order valence-corrected chi connectivity index (χ3v) is 4.61. The van der Waals surface area contributed by atoms with Crippen molar-refractivity contribution >= 4 is 11.8 Å². The third-order valence-electron chi connectivity index (χ3n) is 4.61. The van der Waals surface area contributed by atoms with Crippen molar-refractivity contribution < 1.29 is 14.3 Å². The summed E-state index contributed by atoms with van der Waals surface area (Å²) in [6.07, 6.45) is 3.76. The van der Waals surface area contributed by atoms with Gasteiger partial charge in [-0.25, -0.2) is 0 Å². The number of hydrogen-bond donors (Lipinski definition) is 2. The Labute approximate surface area is 130 Å². The number of fused-ring (bicyclic) bond motifs is 1. The molecule has 1 aromatic rings. The zero-order chi connectivity index (χ0) is 15.5. The molecule has 1 aliphatic heterocycles. The molecule has 0 aromatic heterocycles. The van der Waals surface area contributed by atoms with E-state index in [0.29, 0.717) is 13.0 Å². The summed E-state index contributed by atoms with van der Waals surface area (Å²) in [5.74, 6) is -0.438. The van der Waals surface area contributed by atoms with E-state index >= 15 is 0 Å². The molecule has 0 saturated carbocycles. The van der Waals surface area contributed by atoms with Crippen molar-refractivity contribution in [2.75, 3.05) is 6.54 Å². The number of nitrogens with one attached hydrogen (secondary N) is 1. The highest BCUT2D eigenvalue weighted by Crippen LogP contribution is 2.31. The van der Waals surface area contributed by atoms with Crippen molar-refractivity contribution in [3.63, 3.8) is 0 Å². The number of primary amides is 1. The summed E-state index contributed by atoms with van der Waals surface area (Å²) in [6.45, 7) is 0.446. The fourth-order valence-corrected chi connectivity index (χ4v) is 3.43. The van der Waals surface area contributed by atoms with Gasteiger partial charge >= 0.3 is 0 Å². The molecule has 0 bridgehead atoms. The van der Waals surface area contributed by atoms with Crippen molar-refractivity contribution in [1.29, 1.82) is 0 Å². The van der Waals surface area contributed by atoms with Gasteiger partial charge in [-0.05, 0) is 43.2 Å². The molecule has 0 radical (unpaired) electrons. The van der Waals surface area contributed by atoms with Crippen molar-refractivity contribution in [1.82, 2.24) is 5.32 Å². The molecule has 1 heterocycles. The molecule has 5 heteroatoms. The molecule has 3 atom stereocenters. The Morgan fingerprint density at radius 1 is 1.23 bits per heavy atom. The Morgan fingerprint density at radius 3 is 2.82 bits per heavy atom. The summed E-state index contributed by atoms with van der Waals surface area (Å²) in [7, 11) is 0. The van der Waals surface area contributed by atoms with Gasteiger partial charge in [0.2, 0.25) is 11.8 Å². The van der Waals surface area contributed by atoms with E-state index in [1.165, 1.54) is 5.56 Å². The third kappa shape index (κ3) is 3.14. The van der Waals surface area contributed by atoms with E-state index < -0.39 is 12.0 Å². The van der Waals surface area contributed by atoms with E-state index in [0.717, 1.165) is 31.2 Å². The Kier molecular flexibility index (Phi) is 4.43. The second-order valence-corrected chi connectivity index (χ2v) is 6.12. The minimum atomic E-state index is -0.502. The van der Waals surface area contributed by atoms with Gasteiger partial charge < -0.3 is 15.8 Å². The fraction of sp³-hybridized carbons (Fsp3) is 0.529. The first-order valence-corrected chi connectivity index (χ1v) is 7.95.